The van der Waals surface area contributed by atoms with Crippen LogP contribution < -0.4 is 16.4 Å². The van der Waals surface area contributed by atoms with Crippen LogP contribution in [0.25, 0.3) is 0 Å². The molecule has 0 saturated carbocycles. The van der Waals surface area contributed by atoms with Gasteiger partial charge >= 0.3 is 0 Å². The highest BCUT2D eigenvalue weighted by molar-refractivity contribution is 6.05. The van der Waals surface area contributed by atoms with Crippen molar-refractivity contribution in [3.63, 3.8) is 0 Å². The summed E-state index contributed by atoms with van der Waals surface area (Å²) in [4.78, 5) is 30.6. The number of fused-ring (bicyclic) bond motifs is 1. The van der Waals surface area contributed by atoms with Crippen molar-refractivity contribution in [2.75, 3.05) is 6.54 Å². The first-order chi connectivity index (χ1) is 9.66. The molecule has 2 aliphatic heterocycles. The molecule has 2 atom stereocenters. The first-order valence-corrected chi connectivity index (χ1v) is 6.76. The summed E-state index contributed by atoms with van der Waals surface area (Å²) in [6, 6.07) is 1.27. The Morgan fingerprint density at radius 1 is 1.35 bits per heavy atom. The van der Waals surface area contributed by atoms with Crippen LogP contribution in [0.5, 0.6) is 0 Å². The molecule has 0 spiro atoms. The Morgan fingerprint density at radius 2 is 2.10 bits per heavy atom. The van der Waals surface area contributed by atoms with Crippen molar-refractivity contribution in [3.8, 4) is 0 Å². The molecule has 5 N–H and O–H groups in total. The number of H-pyrrole nitrogens is 1. The van der Waals surface area contributed by atoms with E-state index in [1.54, 1.807) is 6.20 Å². The van der Waals surface area contributed by atoms with E-state index < -0.39 is 6.04 Å². The lowest BCUT2D eigenvalue weighted by Crippen LogP contribution is -2.35. The average molecular weight is 277 g/mol. The number of rotatable bonds is 1. The number of nitrogens with one attached hydrogen (secondary N) is 3. The van der Waals surface area contributed by atoms with Crippen molar-refractivity contribution < 1.29 is 9.59 Å². The Morgan fingerprint density at radius 3 is 2.75 bits per heavy atom. The van der Waals surface area contributed by atoms with Crippen LogP contribution in [0.4, 0.5) is 0 Å². The summed E-state index contributed by atoms with van der Waals surface area (Å²) in [5.74, 6) is -0.344. The molecule has 0 aromatic carbocycles. The maximum Gasteiger partial charge on any atom is 0.267 e. The lowest BCUT2D eigenvalue weighted by molar-refractivity contribution is -0.120. The van der Waals surface area contributed by atoms with Gasteiger partial charge in [0.05, 0.1) is 0 Å². The van der Waals surface area contributed by atoms with Crippen LogP contribution in [-0.2, 0) is 4.79 Å². The third kappa shape index (κ3) is 2.38. The monoisotopic (exact) mass is 277 g/mol. The van der Waals surface area contributed by atoms with Crippen LogP contribution in [0.2, 0.25) is 0 Å². The lowest BCUT2D eigenvalue weighted by atomic mass is 9.89. The minimum Gasteiger partial charge on any atom is -0.370 e. The fraction of sp³-hybridized carbons (Fsp3) is 0.462. The lowest BCUT2D eigenvalue weighted by Gasteiger charge is -2.17. The smallest absolute Gasteiger partial charge is 0.267 e. The molecule has 20 heavy (non-hydrogen) atoms. The fourth-order valence-corrected chi connectivity index (χ4v) is 2.51. The van der Waals surface area contributed by atoms with Gasteiger partial charge < -0.3 is 16.0 Å². The average Bonchev–Trinajstić information content (AvgIpc) is 3.00. The molecule has 3 heterocycles. The van der Waals surface area contributed by atoms with E-state index in [1.165, 1.54) is 0 Å². The molecule has 2 aliphatic rings. The molecular weight excluding hydrogens is 258 g/mol. The third-order valence-electron chi connectivity index (χ3n) is 3.33. The van der Waals surface area contributed by atoms with Gasteiger partial charge in [-0.05, 0) is 18.1 Å². The number of hydrogen-bond acceptors (Lipinski definition) is 4. The fourth-order valence-electron chi connectivity index (χ4n) is 2.51. The number of carbonyl (C=O) groups excluding carboxylic acids is 2. The van der Waals surface area contributed by atoms with E-state index in [1.807, 2.05) is 19.9 Å². The van der Waals surface area contributed by atoms with Crippen LogP contribution in [0.15, 0.2) is 17.3 Å². The molecule has 2 amide bonds. The molecule has 0 aliphatic carbocycles. The second kappa shape index (κ2) is 5.77. The van der Waals surface area contributed by atoms with Crippen LogP contribution in [-0.4, -0.2) is 35.3 Å². The number of carbonyl (C=O) groups is 2. The van der Waals surface area contributed by atoms with Gasteiger partial charge in [0.15, 0.2) is 5.96 Å². The van der Waals surface area contributed by atoms with E-state index in [4.69, 9.17) is 5.73 Å². The first kappa shape index (κ1) is 14.1. The summed E-state index contributed by atoms with van der Waals surface area (Å²) >= 11 is 0. The summed E-state index contributed by atoms with van der Waals surface area (Å²) in [7, 11) is 0. The zero-order chi connectivity index (χ0) is 14.7. The molecule has 0 bridgehead atoms. The van der Waals surface area contributed by atoms with Gasteiger partial charge in [-0.3, -0.25) is 14.9 Å². The van der Waals surface area contributed by atoms with Gasteiger partial charge in [-0.2, -0.15) is 0 Å². The van der Waals surface area contributed by atoms with E-state index in [0.29, 0.717) is 18.7 Å². The summed E-state index contributed by atoms with van der Waals surface area (Å²) < 4.78 is 0. The van der Waals surface area contributed by atoms with Crippen molar-refractivity contribution in [1.29, 1.82) is 0 Å². The number of aliphatic imine (C=N–C) groups is 1. The molecule has 0 radical (unpaired) electrons. The molecule has 0 saturated heterocycles. The van der Waals surface area contributed by atoms with Gasteiger partial charge in [0, 0.05) is 18.7 Å². The minimum absolute atomic E-state index is 0.133. The summed E-state index contributed by atoms with van der Waals surface area (Å²) in [6.45, 7) is 4.52. The first-order valence-electron chi connectivity index (χ1n) is 6.76. The molecular formula is C13H19N5O2. The normalized spacial score (nSPS) is 24.6. The van der Waals surface area contributed by atoms with Crippen molar-refractivity contribution in [2.45, 2.75) is 32.2 Å². The van der Waals surface area contributed by atoms with Gasteiger partial charge in [0.2, 0.25) is 0 Å². The van der Waals surface area contributed by atoms with Gasteiger partial charge in [0.25, 0.3) is 11.8 Å². The van der Waals surface area contributed by atoms with Crippen LogP contribution in [0.1, 0.15) is 42.2 Å². The second-order valence-electron chi connectivity index (χ2n) is 4.41. The zero-order valence-corrected chi connectivity index (χ0v) is 11.6. The highest BCUT2D eigenvalue weighted by Gasteiger charge is 2.37. The molecule has 2 unspecified atom stereocenters. The highest BCUT2D eigenvalue weighted by atomic mass is 16.2. The van der Waals surface area contributed by atoms with E-state index in [-0.39, 0.29) is 23.7 Å². The van der Waals surface area contributed by atoms with Crippen molar-refractivity contribution >= 4 is 17.8 Å². The largest absolute Gasteiger partial charge is 0.370 e. The van der Waals surface area contributed by atoms with Crippen molar-refractivity contribution in [3.05, 3.63) is 23.5 Å². The summed E-state index contributed by atoms with van der Waals surface area (Å²) in [5, 5.41) is 5.28. The van der Waals surface area contributed by atoms with Crippen LogP contribution in [0, 0.1) is 0 Å². The quantitative estimate of drug-likeness (QED) is 0.582. The van der Waals surface area contributed by atoms with Gasteiger partial charge in [0.1, 0.15) is 11.7 Å². The van der Waals surface area contributed by atoms with Crippen LogP contribution >= 0.6 is 0 Å². The SMILES string of the molecule is CC.NC1=NC(C2CCNC(=O)c3[nH]ccc32)C(=O)N1. The number of nitrogens with zero attached hydrogens (tertiary/aromatic N) is 1. The second-order valence-corrected chi connectivity index (χ2v) is 4.41. The number of nitrogens with two attached hydrogens (primary N) is 1. The molecule has 7 heteroatoms. The Bertz CT molecular complexity index is 549. The Balaban J connectivity index is 0.000000704. The molecule has 1 aromatic heterocycles. The summed E-state index contributed by atoms with van der Waals surface area (Å²) in [6.07, 6.45) is 2.36. The predicted molar refractivity (Wildman–Crippen MR) is 75.4 cm³/mol. The molecule has 3 rings (SSSR count). The highest BCUT2D eigenvalue weighted by Crippen LogP contribution is 2.31. The number of aromatic nitrogens is 1. The van der Waals surface area contributed by atoms with Crippen LogP contribution in [0.3, 0.4) is 0 Å². The van der Waals surface area contributed by atoms with Crippen molar-refractivity contribution in [2.24, 2.45) is 10.7 Å². The van der Waals surface area contributed by atoms with Gasteiger partial charge in [-0.15, -0.1) is 0 Å². The molecule has 108 valence electrons. The Kier molecular flexibility index (Phi) is 4.07. The Labute approximate surface area is 117 Å². The maximum absolute atomic E-state index is 11.8. The predicted octanol–water partition coefficient (Wildman–Crippen LogP) is 0.0711. The number of aromatic amines is 1. The zero-order valence-electron chi connectivity index (χ0n) is 11.6. The van der Waals surface area contributed by atoms with Gasteiger partial charge in [-0.25, -0.2) is 4.99 Å². The molecule has 7 nitrogen and oxygen atoms in total. The summed E-state index contributed by atoms with van der Waals surface area (Å²) in [5.41, 5.74) is 6.84. The van der Waals surface area contributed by atoms with E-state index in [0.717, 1.165) is 5.56 Å². The third-order valence-corrected chi connectivity index (χ3v) is 3.33. The number of amides is 2. The van der Waals surface area contributed by atoms with E-state index in [2.05, 4.69) is 20.6 Å². The van der Waals surface area contributed by atoms with E-state index in [9.17, 15) is 9.59 Å². The van der Waals surface area contributed by atoms with E-state index >= 15 is 0 Å². The number of guanidine groups is 1. The topological polar surface area (TPSA) is 112 Å². The molecule has 1 aromatic rings. The van der Waals surface area contributed by atoms with Gasteiger partial charge in [-0.1, -0.05) is 13.8 Å². The standard InChI is InChI=1S/C11H13N5O2.C2H6/c12-11-15-8(10(18)16-11)6-2-4-14-9(17)7-5(6)1-3-13-7;1-2/h1,3,6,8,13H,2,4H2,(H,14,17)(H3,12,15,16,18);1-2H3. The molecule has 0 fully saturated rings. The minimum atomic E-state index is -0.549. The number of hydrogen-bond donors (Lipinski definition) is 4. The van der Waals surface area contributed by atoms with Crippen molar-refractivity contribution in [1.82, 2.24) is 15.6 Å². The maximum atomic E-state index is 11.8. The Hall–Kier alpha value is -2.31.